The van der Waals surface area contributed by atoms with Crippen LogP contribution >= 0.6 is 11.6 Å². The van der Waals surface area contributed by atoms with Gasteiger partial charge in [0, 0.05) is 19.8 Å². The third kappa shape index (κ3) is 4.08. The molecular formula is C15H15ClN2O4. The first-order valence-electron chi connectivity index (χ1n) is 6.58. The molecular weight excluding hydrogens is 308 g/mol. The second kappa shape index (κ2) is 7.09. The Bertz CT molecular complexity index is 697. The Labute approximate surface area is 132 Å². The largest absolute Gasteiger partial charge is 0.465 e. The Morgan fingerprint density at radius 1 is 1.41 bits per heavy atom. The van der Waals surface area contributed by atoms with E-state index < -0.39 is 5.97 Å². The van der Waals surface area contributed by atoms with E-state index in [-0.39, 0.29) is 12.3 Å². The molecule has 0 saturated heterocycles. The number of carbonyl (C=O) groups excluding carboxylic acids is 2. The third-order valence-corrected chi connectivity index (χ3v) is 3.27. The fourth-order valence-corrected chi connectivity index (χ4v) is 2.01. The number of rotatable bonds is 5. The number of oxazole rings is 1. The van der Waals surface area contributed by atoms with Crippen LogP contribution in [0.5, 0.6) is 0 Å². The van der Waals surface area contributed by atoms with Gasteiger partial charge in [-0.25, -0.2) is 9.78 Å². The summed E-state index contributed by atoms with van der Waals surface area (Å²) in [7, 11) is 1.29. The predicted molar refractivity (Wildman–Crippen MR) is 81.0 cm³/mol. The van der Waals surface area contributed by atoms with Gasteiger partial charge in [-0.15, -0.1) is 0 Å². The minimum atomic E-state index is -0.495. The third-order valence-electron chi connectivity index (χ3n) is 2.94. The average molecular weight is 323 g/mol. The smallest absolute Gasteiger partial charge is 0.337 e. The van der Waals surface area contributed by atoms with Gasteiger partial charge in [-0.2, -0.15) is 0 Å². The molecule has 22 heavy (non-hydrogen) atoms. The number of methoxy groups -OCH3 is 1. The molecule has 1 aromatic carbocycles. The van der Waals surface area contributed by atoms with Gasteiger partial charge in [0.15, 0.2) is 5.89 Å². The van der Waals surface area contributed by atoms with Gasteiger partial charge in [0.25, 0.3) is 0 Å². The number of ether oxygens (including phenoxy) is 1. The normalized spacial score (nSPS) is 10.3. The van der Waals surface area contributed by atoms with Gasteiger partial charge < -0.3 is 14.5 Å². The maximum absolute atomic E-state index is 12.0. The number of aromatic nitrogens is 1. The van der Waals surface area contributed by atoms with E-state index >= 15 is 0 Å². The van der Waals surface area contributed by atoms with Crippen LogP contribution < -0.4 is 5.32 Å². The number of nitrogens with zero attached hydrogens (tertiary/aromatic N) is 1. The lowest BCUT2D eigenvalue weighted by Gasteiger charge is -2.08. The first-order chi connectivity index (χ1) is 10.5. The zero-order valence-corrected chi connectivity index (χ0v) is 12.9. The maximum atomic E-state index is 12.0. The summed E-state index contributed by atoms with van der Waals surface area (Å²) in [4.78, 5) is 27.6. The van der Waals surface area contributed by atoms with Gasteiger partial charge in [-0.05, 0) is 18.2 Å². The molecule has 7 heteroatoms. The highest BCUT2D eigenvalue weighted by atomic mass is 35.5. The highest BCUT2D eigenvalue weighted by molar-refractivity contribution is 6.33. The zero-order chi connectivity index (χ0) is 16.1. The van der Waals surface area contributed by atoms with Crippen molar-refractivity contribution < 1.29 is 18.7 Å². The highest BCUT2D eigenvalue weighted by Gasteiger charge is 2.12. The van der Waals surface area contributed by atoms with Crippen LogP contribution in [0.15, 0.2) is 28.9 Å². The summed E-state index contributed by atoms with van der Waals surface area (Å²) in [6, 6.07) is 4.54. The summed E-state index contributed by atoms with van der Waals surface area (Å²) < 4.78 is 9.70. The Kier molecular flexibility index (Phi) is 5.16. The summed E-state index contributed by atoms with van der Waals surface area (Å²) in [6.07, 6.45) is 2.20. The van der Waals surface area contributed by atoms with Gasteiger partial charge in [-0.3, -0.25) is 4.79 Å². The van der Waals surface area contributed by atoms with Crippen LogP contribution in [0.3, 0.4) is 0 Å². The van der Waals surface area contributed by atoms with E-state index in [1.807, 2.05) is 0 Å². The number of halogens is 1. The van der Waals surface area contributed by atoms with Crippen molar-refractivity contribution in [2.45, 2.75) is 19.8 Å². The van der Waals surface area contributed by atoms with Gasteiger partial charge in [-0.1, -0.05) is 11.6 Å². The quantitative estimate of drug-likeness (QED) is 0.856. The molecule has 0 atom stereocenters. The molecule has 0 saturated carbocycles. The Hall–Kier alpha value is -2.34. The molecule has 0 aliphatic carbocycles. The molecule has 0 bridgehead atoms. The van der Waals surface area contributed by atoms with Crippen LogP contribution in [0.2, 0.25) is 5.02 Å². The number of benzene rings is 1. The van der Waals surface area contributed by atoms with Crippen molar-refractivity contribution >= 4 is 29.2 Å². The number of aryl methyl sites for hydroxylation is 2. The molecule has 0 aliphatic rings. The molecule has 2 rings (SSSR count). The summed E-state index contributed by atoms with van der Waals surface area (Å²) in [5.74, 6) is -0.168. The van der Waals surface area contributed by atoms with E-state index in [2.05, 4.69) is 15.0 Å². The van der Waals surface area contributed by atoms with E-state index in [4.69, 9.17) is 16.0 Å². The van der Waals surface area contributed by atoms with Crippen molar-refractivity contribution in [2.75, 3.05) is 12.4 Å². The molecule has 0 spiro atoms. The lowest BCUT2D eigenvalue weighted by Crippen LogP contribution is -2.13. The fraction of sp³-hybridized carbons (Fsp3) is 0.267. The van der Waals surface area contributed by atoms with E-state index in [1.165, 1.54) is 31.6 Å². The molecule has 1 aromatic heterocycles. The molecule has 116 valence electrons. The maximum Gasteiger partial charge on any atom is 0.337 e. The van der Waals surface area contributed by atoms with Gasteiger partial charge in [0.1, 0.15) is 6.26 Å². The fourth-order valence-electron chi connectivity index (χ4n) is 1.84. The molecule has 6 nitrogen and oxygen atoms in total. The van der Waals surface area contributed by atoms with E-state index in [0.29, 0.717) is 34.3 Å². The number of amides is 1. The zero-order valence-electron chi connectivity index (χ0n) is 12.2. The lowest BCUT2D eigenvalue weighted by molar-refractivity contribution is -0.116. The number of esters is 1. The first kappa shape index (κ1) is 16.0. The number of hydrogen-bond donors (Lipinski definition) is 1. The second-order valence-corrected chi connectivity index (χ2v) is 5.00. The first-order valence-corrected chi connectivity index (χ1v) is 6.96. The Morgan fingerprint density at radius 2 is 2.18 bits per heavy atom. The molecule has 0 fully saturated rings. The number of carbonyl (C=O) groups is 2. The molecule has 0 aliphatic heterocycles. The standard InChI is InChI=1S/C15H15ClN2O4/c1-9-17-11(8-22-9)4-6-14(19)18-13-7-10(15(20)21-2)3-5-12(13)16/h3,5,7-8H,4,6H2,1-2H3,(H,18,19). The van der Waals surface area contributed by atoms with Crippen molar-refractivity contribution in [2.24, 2.45) is 0 Å². The molecule has 0 unspecified atom stereocenters. The Morgan fingerprint density at radius 3 is 2.82 bits per heavy atom. The van der Waals surface area contributed by atoms with E-state index in [0.717, 1.165) is 0 Å². The van der Waals surface area contributed by atoms with Gasteiger partial charge in [0.05, 0.1) is 29.1 Å². The second-order valence-electron chi connectivity index (χ2n) is 4.59. The summed E-state index contributed by atoms with van der Waals surface area (Å²) in [6.45, 7) is 1.74. The van der Waals surface area contributed by atoms with Crippen LogP contribution in [0.4, 0.5) is 5.69 Å². The van der Waals surface area contributed by atoms with E-state index in [9.17, 15) is 9.59 Å². The monoisotopic (exact) mass is 322 g/mol. The van der Waals surface area contributed by atoms with Crippen LogP contribution in [-0.4, -0.2) is 24.0 Å². The summed E-state index contributed by atoms with van der Waals surface area (Å²) in [5.41, 5.74) is 1.39. The topological polar surface area (TPSA) is 81.4 Å². The molecule has 1 heterocycles. The molecule has 2 aromatic rings. The SMILES string of the molecule is COC(=O)c1ccc(Cl)c(NC(=O)CCc2coc(C)n2)c1. The predicted octanol–water partition coefficient (Wildman–Crippen LogP) is 2.99. The minimum absolute atomic E-state index is 0.227. The summed E-state index contributed by atoms with van der Waals surface area (Å²) in [5, 5.41) is 3.02. The van der Waals surface area contributed by atoms with Crippen LogP contribution in [0.1, 0.15) is 28.4 Å². The molecule has 1 amide bonds. The van der Waals surface area contributed by atoms with Crippen molar-refractivity contribution in [3.63, 3.8) is 0 Å². The van der Waals surface area contributed by atoms with Crippen molar-refractivity contribution in [3.05, 3.63) is 46.6 Å². The Balaban J connectivity index is 2.00. The van der Waals surface area contributed by atoms with Gasteiger partial charge >= 0.3 is 5.97 Å². The average Bonchev–Trinajstić information content (AvgIpc) is 2.92. The highest BCUT2D eigenvalue weighted by Crippen LogP contribution is 2.23. The molecule has 1 N–H and O–H groups in total. The molecule has 0 radical (unpaired) electrons. The minimum Gasteiger partial charge on any atom is -0.465 e. The van der Waals surface area contributed by atoms with Gasteiger partial charge in [0.2, 0.25) is 5.91 Å². The lowest BCUT2D eigenvalue weighted by atomic mass is 10.2. The van der Waals surface area contributed by atoms with Crippen LogP contribution in [-0.2, 0) is 16.0 Å². The number of anilines is 1. The van der Waals surface area contributed by atoms with Crippen LogP contribution in [0, 0.1) is 6.92 Å². The number of nitrogens with one attached hydrogen (secondary N) is 1. The van der Waals surface area contributed by atoms with Crippen molar-refractivity contribution in [1.82, 2.24) is 4.98 Å². The number of hydrogen-bond acceptors (Lipinski definition) is 5. The summed E-state index contributed by atoms with van der Waals surface area (Å²) >= 11 is 6.01. The van der Waals surface area contributed by atoms with E-state index in [1.54, 1.807) is 6.92 Å². The van der Waals surface area contributed by atoms with Crippen molar-refractivity contribution in [3.8, 4) is 0 Å². The van der Waals surface area contributed by atoms with Crippen molar-refractivity contribution in [1.29, 1.82) is 0 Å². The van der Waals surface area contributed by atoms with Crippen LogP contribution in [0.25, 0.3) is 0 Å².